The third-order valence-electron chi connectivity index (χ3n) is 2.39. The molecule has 15 heavy (non-hydrogen) atoms. The molecule has 0 aliphatic rings. The first-order valence-electron chi connectivity index (χ1n) is 4.76. The fourth-order valence-electron chi connectivity index (χ4n) is 1.11. The van der Waals surface area contributed by atoms with Crippen molar-refractivity contribution in [2.24, 2.45) is 5.92 Å². The normalized spacial score (nSPS) is 12.8. The van der Waals surface area contributed by atoms with E-state index in [1.165, 1.54) is 16.8 Å². The third kappa shape index (κ3) is 2.43. The predicted molar refractivity (Wildman–Crippen MR) is 55.0 cm³/mol. The topological polar surface area (TPSA) is 72.2 Å². The zero-order chi connectivity index (χ0) is 11.6. The van der Waals surface area contributed by atoms with Crippen LogP contribution in [0.1, 0.15) is 37.3 Å². The Kier molecular flexibility index (Phi) is 3.24. The van der Waals surface area contributed by atoms with E-state index in [1.54, 1.807) is 0 Å². The first kappa shape index (κ1) is 11.4. The number of nitrogens with zero attached hydrogens (tertiary/aromatic N) is 2. The minimum absolute atomic E-state index is 0.109. The van der Waals surface area contributed by atoms with Gasteiger partial charge in [-0.15, -0.1) is 0 Å². The lowest BCUT2D eigenvalue weighted by Crippen LogP contribution is -2.29. The Balaban J connectivity index is 3.22. The smallest absolute Gasteiger partial charge is 0.356 e. The summed E-state index contributed by atoms with van der Waals surface area (Å²) in [6, 6.07) is 2.33. The van der Waals surface area contributed by atoms with Crippen molar-refractivity contribution in [3.8, 4) is 0 Å². The first-order chi connectivity index (χ1) is 6.93. The molecule has 0 saturated heterocycles. The number of hydrogen-bond acceptors (Lipinski definition) is 3. The highest BCUT2D eigenvalue weighted by Crippen LogP contribution is 2.12. The summed E-state index contributed by atoms with van der Waals surface area (Å²) in [6.07, 6.45) is 0. The van der Waals surface area contributed by atoms with Gasteiger partial charge in [0.15, 0.2) is 5.69 Å². The highest BCUT2D eigenvalue weighted by Gasteiger charge is 2.14. The Morgan fingerprint density at radius 3 is 2.47 bits per heavy atom. The quantitative estimate of drug-likeness (QED) is 0.812. The van der Waals surface area contributed by atoms with Gasteiger partial charge in [0.2, 0.25) is 0 Å². The number of carboxylic acids is 1. The van der Waals surface area contributed by atoms with E-state index in [4.69, 9.17) is 5.11 Å². The van der Waals surface area contributed by atoms with E-state index in [0.717, 1.165) is 0 Å². The molecule has 1 rings (SSSR count). The Morgan fingerprint density at radius 2 is 2.00 bits per heavy atom. The largest absolute Gasteiger partial charge is 0.476 e. The lowest BCUT2D eigenvalue weighted by Gasteiger charge is -2.17. The number of aromatic nitrogens is 2. The number of rotatable bonds is 3. The van der Waals surface area contributed by atoms with E-state index in [-0.39, 0.29) is 23.2 Å². The molecule has 0 fully saturated rings. The molecule has 0 aliphatic heterocycles. The van der Waals surface area contributed by atoms with Crippen molar-refractivity contribution in [3.05, 3.63) is 28.2 Å². The molecule has 0 aliphatic carbocycles. The van der Waals surface area contributed by atoms with Gasteiger partial charge in [0.25, 0.3) is 5.56 Å². The molecule has 1 atom stereocenters. The zero-order valence-electron chi connectivity index (χ0n) is 8.97. The van der Waals surface area contributed by atoms with Crippen LogP contribution in [-0.4, -0.2) is 20.9 Å². The summed E-state index contributed by atoms with van der Waals surface area (Å²) in [5, 5.41) is 12.5. The van der Waals surface area contributed by atoms with Crippen molar-refractivity contribution in [1.82, 2.24) is 9.78 Å². The molecule has 0 aromatic carbocycles. The van der Waals surface area contributed by atoms with Gasteiger partial charge in [0, 0.05) is 6.07 Å². The molecule has 82 valence electrons. The van der Waals surface area contributed by atoms with Gasteiger partial charge in [-0.05, 0) is 18.9 Å². The van der Waals surface area contributed by atoms with Gasteiger partial charge in [-0.3, -0.25) is 4.79 Å². The maximum Gasteiger partial charge on any atom is 0.356 e. The molecule has 1 heterocycles. The summed E-state index contributed by atoms with van der Waals surface area (Å²) in [4.78, 5) is 22.1. The Hall–Kier alpha value is -1.65. The van der Waals surface area contributed by atoms with Gasteiger partial charge < -0.3 is 5.11 Å². The lowest BCUT2D eigenvalue weighted by molar-refractivity contribution is 0.0686. The van der Waals surface area contributed by atoms with Gasteiger partial charge in [0.05, 0.1) is 6.04 Å². The summed E-state index contributed by atoms with van der Waals surface area (Å²) in [6.45, 7) is 5.74. The molecule has 0 amide bonds. The van der Waals surface area contributed by atoms with Crippen LogP contribution in [0.5, 0.6) is 0 Å². The summed E-state index contributed by atoms with van der Waals surface area (Å²) in [5.74, 6) is -0.904. The Bertz CT molecular complexity index is 423. The third-order valence-corrected chi connectivity index (χ3v) is 2.39. The molecule has 5 heteroatoms. The van der Waals surface area contributed by atoms with Crippen molar-refractivity contribution in [1.29, 1.82) is 0 Å². The van der Waals surface area contributed by atoms with Gasteiger partial charge in [-0.25, -0.2) is 9.48 Å². The fraction of sp³-hybridized carbons (Fsp3) is 0.500. The minimum Gasteiger partial charge on any atom is -0.476 e. The summed E-state index contributed by atoms with van der Waals surface area (Å²) in [5.41, 5.74) is -0.386. The molecule has 0 spiro atoms. The highest BCUT2D eigenvalue weighted by atomic mass is 16.4. The van der Waals surface area contributed by atoms with Crippen LogP contribution < -0.4 is 5.56 Å². The van der Waals surface area contributed by atoms with Crippen molar-refractivity contribution < 1.29 is 9.90 Å². The van der Waals surface area contributed by atoms with Crippen LogP contribution in [0, 0.1) is 5.92 Å². The Labute approximate surface area is 87.4 Å². The van der Waals surface area contributed by atoms with Crippen LogP contribution in [-0.2, 0) is 0 Å². The van der Waals surface area contributed by atoms with E-state index < -0.39 is 5.97 Å². The van der Waals surface area contributed by atoms with E-state index in [1.807, 2.05) is 20.8 Å². The maximum atomic E-state index is 11.4. The number of carbonyl (C=O) groups is 1. The van der Waals surface area contributed by atoms with E-state index >= 15 is 0 Å². The van der Waals surface area contributed by atoms with Crippen molar-refractivity contribution in [2.75, 3.05) is 0 Å². The van der Waals surface area contributed by atoms with Crippen molar-refractivity contribution in [3.63, 3.8) is 0 Å². The van der Waals surface area contributed by atoms with Gasteiger partial charge in [-0.2, -0.15) is 5.10 Å². The molecule has 0 bridgehead atoms. The second kappa shape index (κ2) is 4.25. The van der Waals surface area contributed by atoms with Gasteiger partial charge >= 0.3 is 5.97 Å². The van der Waals surface area contributed by atoms with Gasteiger partial charge in [0.1, 0.15) is 0 Å². The maximum absolute atomic E-state index is 11.4. The van der Waals surface area contributed by atoms with Crippen LogP contribution in [0.4, 0.5) is 0 Å². The molecular weight excluding hydrogens is 196 g/mol. The SMILES string of the molecule is CC(C)C(C)n1nc(C(=O)O)ccc1=O. The molecule has 1 unspecified atom stereocenters. The predicted octanol–water partition coefficient (Wildman–Crippen LogP) is 1.16. The van der Waals surface area contributed by atoms with E-state index in [0.29, 0.717) is 0 Å². The molecule has 1 N–H and O–H groups in total. The van der Waals surface area contributed by atoms with Crippen molar-refractivity contribution >= 4 is 5.97 Å². The van der Waals surface area contributed by atoms with Crippen LogP contribution in [0.25, 0.3) is 0 Å². The number of aromatic carboxylic acids is 1. The fourth-order valence-corrected chi connectivity index (χ4v) is 1.11. The second-order valence-electron chi connectivity index (χ2n) is 3.79. The summed E-state index contributed by atoms with van der Waals surface area (Å²) < 4.78 is 1.22. The molecule has 0 saturated carbocycles. The molecule has 0 radical (unpaired) electrons. The Morgan fingerprint density at radius 1 is 1.40 bits per heavy atom. The van der Waals surface area contributed by atoms with Crippen molar-refractivity contribution in [2.45, 2.75) is 26.8 Å². The molecule has 1 aromatic heterocycles. The highest BCUT2D eigenvalue weighted by molar-refractivity contribution is 5.84. The number of hydrogen-bond donors (Lipinski definition) is 1. The monoisotopic (exact) mass is 210 g/mol. The van der Waals surface area contributed by atoms with Crippen LogP contribution in [0.3, 0.4) is 0 Å². The average Bonchev–Trinajstić information content (AvgIpc) is 2.16. The van der Waals surface area contributed by atoms with E-state index in [9.17, 15) is 9.59 Å². The first-order valence-corrected chi connectivity index (χ1v) is 4.76. The molecule has 5 nitrogen and oxygen atoms in total. The standard InChI is InChI=1S/C10H14N2O3/c1-6(2)7(3)12-9(13)5-4-8(11-12)10(14)15/h4-7H,1-3H3,(H,14,15). The zero-order valence-corrected chi connectivity index (χ0v) is 8.97. The summed E-state index contributed by atoms with van der Waals surface area (Å²) >= 11 is 0. The van der Waals surface area contributed by atoms with Crippen LogP contribution >= 0.6 is 0 Å². The average molecular weight is 210 g/mol. The van der Waals surface area contributed by atoms with Gasteiger partial charge in [-0.1, -0.05) is 13.8 Å². The number of carboxylic acid groups (broad SMARTS) is 1. The molecule has 1 aromatic rings. The minimum atomic E-state index is -1.13. The molecular formula is C10H14N2O3. The second-order valence-corrected chi connectivity index (χ2v) is 3.79. The summed E-state index contributed by atoms with van der Waals surface area (Å²) in [7, 11) is 0. The van der Waals surface area contributed by atoms with Crippen LogP contribution in [0.15, 0.2) is 16.9 Å². The van der Waals surface area contributed by atoms with E-state index in [2.05, 4.69) is 5.10 Å². The lowest BCUT2D eigenvalue weighted by atomic mass is 10.1. The van der Waals surface area contributed by atoms with Crippen LogP contribution in [0.2, 0.25) is 0 Å².